The minimum Gasteiger partial charge on any atom is -0.358 e. The van der Waals surface area contributed by atoms with Gasteiger partial charge in [-0.15, -0.1) is 0 Å². The molecule has 1 aromatic heterocycles. The Balaban J connectivity index is 1.59. The predicted octanol–water partition coefficient (Wildman–Crippen LogP) is 4.15. The average Bonchev–Trinajstić information content (AvgIpc) is 2.86. The number of hydrogen-bond acceptors (Lipinski definition) is 1. The fourth-order valence-corrected chi connectivity index (χ4v) is 2.84. The van der Waals surface area contributed by atoms with Crippen LogP contribution in [0.3, 0.4) is 0 Å². The third-order valence-electron chi connectivity index (χ3n) is 4.34. The number of hydrogen-bond donors (Lipinski definition) is 2. The molecule has 3 rings (SSSR count). The van der Waals surface area contributed by atoms with Gasteiger partial charge in [0, 0.05) is 28.7 Å². The molecule has 118 valence electrons. The molecule has 0 aliphatic carbocycles. The van der Waals surface area contributed by atoms with E-state index in [4.69, 9.17) is 0 Å². The monoisotopic (exact) mass is 306 g/mol. The summed E-state index contributed by atoms with van der Waals surface area (Å²) < 4.78 is 0. The van der Waals surface area contributed by atoms with Gasteiger partial charge in [-0.3, -0.25) is 4.79 Å². The van der Waals surface area contributed by atoms with Crippen molar-refractivity contribution in [2.75, 3.05) is 6.54 Å². The maximum Gasteiger partial charge on any atom is 0.251 e. The number of carbonyl (C=O) groups is 1. The average molecular weight is 306 g/mol. The van der Waals surface area contributed by atoms with Gasteiger partial charge in [0.25, 0.3) is 5.91 Å². The van der Waals surface area contributed by atoms with Gasteiger partial charge in [0.2, 0.25) is 0 Å². The van der Waals surface area contributed by atoms with Gasteiger partial charge in [-0.25, -0.2) is 0 Å². The van der Waals surface area contributed by atoms with Crippen LogP contribution in [0, 0.1) is 13.8 Å². The van der Waals surface area contributed by atoms with Crippen molar-refractivity contribution in [3.05, 3.63) is 70.9 Å². The molecule has 0 saturated carbocycles. The molecule has 0 radical (unpaired) electrons. The van der Waals surface area contributed by atoms with Gasteiger partial charge >= 0.3 is 0 Å². The molecule has 23 heavy (non-hydrogen) atoms. The molecule has 0 bridgehead atoms. The highest BCUT2D eigenvalue weighted by Gasteiger charge is 2.09. The third-order valence-corrected chi connectivity index (χ3v) is 4.34. The van der Waals surface area contributed by atoms with Crippen molar-refractivity contribution in [2.45, 2.75) is 26.7 Å². The molecule has 2 N–H and O–H groups in total. The van der Waals surface area contributed by atoms with Crippen LogP contribution < -0.4 is 5.32 Å². The molecule has 0 saturated heterocycles. The molecule has 2 aromatic carbocycles. The second-order valence-corrected chi connectivity index (χ2v) is 5.98. The molecule has 3 heteroatoms. The van der Waals surface area contributed by atoms with Crippen molar-refractivity contribution >= 4 is 16.8 Å². The first-order valence-electron chi connectivity index (χ1n) is 8.06. The summed E-state index contributed by atoms with van der Waals surface area (Å²) in [4.78, 5) is 15.6. The lowest BCUT2D eigenvalue weighted by atomic mass is 10.1. The van der Waals surface area contributed by atoms with Gasteiger partial charge in [0.15, 0.2) is 0 Å². The summed E-state index contributed by atoms with van der Waals surface area (Å²) in [5.74, 6) is -0.00165. The summed E-state index contributed by atoms with van der Waals surface area (Å²) in [5.41, 5.74) is 5.47. The van der Waals surface area contributed by atoms with Crippen molar-refractivity contribution in [1.29, 1.82) is 0 Å². The summed E-state index contributed by atoms with van der Waals surface area (Å²) in [7, 11) is 0. The molecule has 0 aliphatic heterocycles. The summed E-state index contributed by atoms with van der Waals surface area (Å²) in [6, 6.07) is 16.2. The molecule has 1 heterocycles. The maximum atomic E-state index is 12.3. The summed E-state index contributed by atoms with van der Waals surface area (Å²) in [5, 5.41) is 4.14. The number of fused-ring (bicyclic) bond motifs is 1. The van der Waals surface area contributed by atoms with E-state index in [1.807, 2.05) is 36.4 Å². The highest BCUT2D eigenvalue weighted by atomic mass is 16.1. The van der Waals surface area contributed by atoms with Gasteiger partial charge in [-0.1, -0.05) is 30.3 Å². The van der Waals surface area contributed by atoms with Crippen LogP contribution in [0.25, 0.3) is 10.9 Å². The van der Waals surface area contributed by atoms with E-state index in [1.165, 1.54) is 11.1 Å². The Morgan fingerprint density at radius 3 is 2.65 bits per heavy atom. The van der Waals surface area contributed by atoms with Crippen LogP contribution in [0.2, 0.25) is 0 Å². The molecule has 0 aliphatic rings. The Morgan fingerprint density at radius 1 is 1.09 bits per heavy atom. The van der Waals surface area contributed by atoms with Crippen LogP contribution in [0.5, 0.6) is 0 Å². The van der Waals surface area contributed by atoms with Crippen molar-refractivity contribution in [3.63, 3.8) is 0 Å². The lowest BCUT2D eigenvalue weighted by Crippen LogP contribution is -2.24. The zero-order valence-electron chi connectivity index (χ0n) is 13.6. The lowest BCUT2D eigenvalue weighted by Gasteiger charge is -2.06. The smallest absolute Gasteiger partial charge is 0.251 e. The number of H-pyrrole nitrogens is 1. The number of amides is 1. The Labute approximate surface area is 136 Å². The summed E-state index contributed by atoms with van der Waals surface area (Å²) in [6.07, 6.45) is 1.93. The van der Waals surface area contributed by atoms with E-state index in [2.05, 4.69) is 36.3 Å². The molecule has 1 amide bonds. The molecule has 0 fully saturated rings. The number of aromatic nitrogens is 1. The zero-order valence-corrected chi connectivity index (χ0v) is 13.6. The number of aryl methyl sites for hydroxylation is 3. The number of carbonyl (C=O) groups excluding carboxylic acids is 1. The SMILES string of the molecule is Cc1[nH]c2ccc(C(=O)NCCCc3ccccc3)cc2c1C. The first kappa shape index (κ1) is 15.3. The van der Waals surface area contributed by atoms with Gasteiger partial charge < -0.3 is 10.3 Å². The lowest BCUT2D eigenvalue weighted by molar-refractivity contribution is 0.0953. The fourth-order valence-electron chi connectivity index (χ4n) is 2.84. The van der Waals surface area contributed by atoms with Crippen LogP contribution in [-0.4, -0.2) is 17.4 Å². The first-order valence-corrected chi connectivity index (χ1v) is 8.06. The highest BCUT2D eigenvalue weighted by molar-refractivity contribution is 5.99. The van der Waals surface area contributed by atoms with Crippen LogP contribution in [0.15, 0.2) is 48.5 Å². The van der Waals surface area contributed by atoms with Gasteiger partial charge in [0.1, 0.15) is 0 Å². The second kappa shape index (κ2) is 6.69. The first-order chi connectivity index (χ1) is 11.1. The van der Waals surface area contributed by atoms with Crippen molar-refractivity contribution < 1.29 is 4.79 Å². The molecule has 3 aromatic rings. The van der Waals surface area contributed by atoms with Gasteiger partial charge in [0.05, 0.1) is 0 Å². The minimum atomic E-state index is -0.00165. The van der Waals surface area contributed by atoms with E-state index in [0.717, 1.165) is 35.0 Å². The largest absolute Gasteiger partial charge is 0.358 e. The van der Waals surface area contributed by atoms with Crippen molar-refractivity contribution in [1.82, 2.24) is 10.3 Å². The van der Waals surface area contributed by atoms with Crippen LogP contribution >= 0.6 is 0 Å². The number of nitrogens with one attached hydrogen (secondary N) is 2. The zero-order chi connectivity index (χ0) is 16.2. The molecule has 0 spiro atoms. The van der Waals surface area contributed by atoms with Gasteiger partial charge in [-0.2, -0.15) is 0 Å². The van der Waals surface area contributed by atoms with Crippen LogP contribution in [0.1, 0.15) is 33.6 Å². The van der Waals surface area contributed by atoms with Crippen molar-refractivity contribution in [2.24, 2.45) is 0 Å². The van der Waals surface area contributed by atoms with Gasteiger partial charge in [-0.05, 0) is 56.0 Å². The minimum absolute atomic E-state index is 0.00165. The third kappa shape index (κ3) is 3.45. The van der Waals surface area contributed by atoms with E-state index in [9.17, 15) is 4.79 Å². The van der Waals surface area contributed by atoms with E-state index < -0.39 is 0 Å². The van der Waals surface area contributed by atoms with Crippen LogP contribution in [0.4, 0.5) is 0 Å². The number of rotatable bonds is 5. The number of aromatic amines is 1. The maximum absolute atomic E-state index is 12.3. The Morgan fingerprint density at radius 2 is 1.87 bits per heavy atom. The highest BCUT2D eigenvalue weighted by Crippen LogP contribution is 2.22. The molecule has 3 nitrogen and oxygen atoms in total. The summed E-state index contributed by atoms with van der Waals surface area (Å²) >= 11 is 0. The quantitative estimate of drug-likeness (QED) is 0.683. The second-order valence-electron chi connectivity index (χ2n) is 5.98. The van der Waals surface area contributed by atoms with E-state index >= 15 is 0 Å². The van der Waals surface area contributed by atoms with Crippen LogP contribution in [-0.2, 0) is 6.42 Å². The van der Waals surface area contributed by atoms with E-state index in [1.54, 1.807) is 0 Å². The van der Waals surface area contributed by atoms with E-state index in [-0.39, 0.29) is 5.91 Å². The van der Waals surface area contributed by atoms with E-state index in [0.29, 0.717) is 6.54 Å². The Kier molecular flexibility index (Phi) is 4.47. The molecular formula is C20H22N2O. The predicted molar refractivity (Wildman–Crippen MR) is 94.9 cm³/mol. The topological polar surface area (TPSA) is 44.9 Å². The fraction of sp³-hybridized carbons (Fsp3) is 0.250. The Bertz CT molecular complexity index is 818. The normalized spacial score (nSPS) is 10.9. The summed E-state index contributed by atoms with van der Waals surface area (Å²) in [6.45, 7) is 4.82. The van der Waals surface area contributed by atoms with Crippen molar-refractivity contribution in [3.8, 4) is 0 Å². The number of benzene rings is 2. The molecular weight excluding hydrogens is 284 g/mol. The standard InChI is InChI=1S/C20H22N2O/c1-14-15(2)22-19-11-10-17(13-18(14)19)20(23)21-12-6-9-16-7-4-3-5-8-16/h3-5,7-8,10-11,13,22H,6,9,12H2,1-2H3,(H,21,23). The molecule has 0 atom stereocenters. The Hall–Kier alpha value is -2.55. The molecule has 0 unspecified atom stereocenters.